The van der Waals surface area contributed by atoms with E-state index in [4.69, 9.17) is 4.74 Å². The third-order valence-corrected chi connectivity index (χ3v) is 5.46. The number of ether oxygens (including phenoxy) is 1. The Kier molecular flexibility index (Phi) is 5.65. The molecule has 156 valence electrons. The third-order valence-electron chi connectivity index (χ3n) is 5.46. The van der Waals surface area contributed by atoms with Gasteiger partial charge in [0.1, 0.15) is 30.0 Å². The van der Waals surface area contributed by atoms with Gasteiger partial charge in [0.05, 0.1) is 5.69 Å². The molecule has 0 bridgehead atoms. The van der Waals surface area contributed by atoms with Crippen molar-refractivity contribution in [1.82, 2.24) is 24.4 Å². The second-order valence-electron chi connectivity index (χ2n) is 7.41. The van der Waals surface area contributed by atoms with E-state index in [0.29, 0.717) is 31.9 Å². The van der Waals surface area contributed by atoms with Crippen LogP contribution < -0.4 is 9.64 Å². The van der Waals surface area contributed by atoms with Crippen LogP contribution in [0.25, 0.3) is 5.82 Å². The summed E-state index contributed by atoms with van der Waals surface area (Å²) in [5.74, 6) is 2.36. The highest BCUT2D eigenvalue weighted by Crippen LogP contribution is 2.19. The molecule has 1 aromatic carbocycles. The van der Waals surface area contributed by atoms with Crippen molar-refractivity contribution in [3.8, 4) is 11.6 Å². The van der Waals surface area contributed by atoms with E-state index >= 15 is 0 Å². The molecule has 1 saturated heterocycles. The smallest absolute Gasteiger partial charge is 0.263 e. The van der Waals surface area contributed by atoms with Crippen molar-refractivity contribution >= 4 is 11.7 Å². The number of carbonyl (C=O) groups is 1. The van der Waals surface area contributed by atoms with Crippen molar-refractivity contribution in [3.05, 3.63) is 60.4 Å². The van der Waals surface area contributed by atoms with E-state index in [1.165, 1.54) is 0 Å². The Morgan fingerprint density at radius 3 is 2.37 bits per heavy atom. The number of rotatable bonds is 5. The number of anilines is 1. The number of imidazole rings is 1. The lowest BCUT2D eigenvalue weighted by molar-refractivity contribution is -0.138. The number of hydrogen-bond acceptors (Lipinski definition) is 6. The second kappa shape index (κ2) is 8.52. The van der Waals surface area contributed by atoms with E-state index in [9.17, 15) is 4.79 Å². The summed E-state index contributed by atoms with van der Waals surface area (Å²) < 4.78 is 7.75. The highest BCUT2D eigenvalue weighted by molar-refractivity contribution is 5.81. The minimum Gasteiger partial charge on any atom is -0.481 e. The quantitative estimate of drug-likeness (QED) is 0.648. The lowest BCUT2D eigenvalue weighted by Crippen LogP contribution is -2.52. The fourth-order valence-corrected chi connectivity index (χ4v) is 3.54. The molecule has 1 aliphatic heterocycles. The Morgan fingerprint density at radius 1 is 1.00 bits per heavy atom. The van der Waals surface area contributed by atoms with Crippen molar-refractivity contribution < 1.29 is 9.53 Å². The average Bonchev–Trinajstić information content (AvgIpc) is 3.12. The molecule has 0 saturated carbocycles. The van der Waals surface area contributed by atoms with Gasteiger partial charge in [-0.1, -0.05) is 18.2 Å². The van der Waals surface area contributed by atoms with Crippen molar-refractivity contribution in [1.29, 1.82) is 0 Å². The molecule has 0 radical (unpaired) electrons. The molecule has 0 unspecified atom stereocenters. The highest BCUT2D eigenvalue weighted by atomic mass is 16.5. The zero-order valence-electron chi connectivity index (χ0n) is 17.5. The first-order valence-electron chi connectivity index (χ1n) is 10.1. The lowest BCUT2D eigenvalue weighted by atomic mass is 10.2. The second-order valence-corrected chi connectivity index (χ2v) is 7.41. The molecular weight excluding hydrogens is 380 g/mol. The Bertz CT molecular complexity index is 1010. The van der Waals surface area contributed by atoms with Crippen LogP contribution >= 0.6 is 0 Å². The molecule has 1 aliphatic rings. The molecule has 1 atom stereocenters. The Hall–Kier alpha value is -3.42. The van der Waals surface area contributed by atoms with Gasteiger partial charge in [-0.15, -0.1) is 0 Å². The number of nitrogens with zero attached hydrogens (tertiary/aromatic N) is 6. The molecule has 0 spiro atoms. The van der Waals surface area contributed by atoms with Crippen molar-refractivity contribution in [2.24, 2.45) is 0 Å². The summed E-state index contributed by atoms with van der Waals surface area (Å²) in [7, 11) is 0. The highest BCUT2D eigenvalue weighted by Gasteiger charge is 2.26. The Morgan fingerprint density at radius 2 is 1.70 bits per heavy atom. The molecule has 4 rings (SSSR count). The summed E-state index contributed by atoms with van der Waals surface area (Å²) in [6.45, 7) is 8.48. The van der Waals surface area contributed by atoms with Gasteiger partial charge in [0, 0.05) is 37.9 Å². The van der Waals surface area contributed by atoms with Crippen LogP contribution in [0.4, 0.5) is 5.82 Å². The molecule has 30 heavy (non-hydrogen) atoms. The summed E-state index contributed by atoms with van der Waals surface area (Å²) in [4.78, 5) is 30.0. The summed E-state index contributed by atoms with van der Waals surface area (Å²) in [6, 6.07) is 11.4. The fourth-order valence-electron chi connectivity index (χ4n) is 3.54. The maximum atomic E-state index is 12.8. The van der Waals surface area contributed by atoms with Gasteiger partial charge in [0.15, 0.2) is 6.10 Å². The standard InChI is InChI=1S/C22H26N6O2/c1-16-17(2)28(15-25-16)21-13-20(23-14-24-21)26-9-11-27(12-10-26)22(29)18(3)30-19-7-5-4-6-8-19/h4-8,13-15,18H,9-12H2,1-3H3/t18-/m1/s1. The van der Waals surface area contributed by atoms with Crippen LogP contribution in [0, 0.1) is 13.8 Å². The normalized spacial score (nSPS) is 15.2. The summed E-state index contributed by atoms with van der Waals surface area (Å²) in [5, 5.41) is 0. The number of para-hydroxylation sites is 1. The van der Waals surface area contributed by atoms with Gasteiger partial charge in [0.2, 0.25) is 0 Å². The number of carbonyl (C=O) groups excluding carboxylic acids is 1. The van der Waals surface area contributed by atoms with Crippen LogP contribution in [0.15, 0.2) is 49.1 Å². The van der Waals surface area contributed by atoms with Crippen LogP contribution in [0.1, 0.15) is 18.3 Å². The SMILES string of the molecule is Cc1ncn(-c2cc(N3CCN(C(=O)[C@@H](C)Oc4ccccc4)CC3)ncn2)c1C. The maximum Gasteiger partial charge on any atom is 0.263 e. The van der Waals surface area contributed by atoms with E-state index in [1.807, 2.05) is 59.7 Å². The van der Waals surface area contributed by atoms with Crippen LogP contribution in [0.5, 0.6) is 5.75 Å². The van der Waals surface area contributed by atoms with Gasteiger partial charge in [-0.25, -0.2) is 15.0 Å². The lowest BCUT2D eigenvalue weighted by Gasteiger charge is -2.36. The predicted octanol–water partition coefficient (Wildman–Crippen LogP) is 2.40. The predicted molar refractivity (Wildman–Crippen MR) is 114 cm³/mol. The third kappa shape index (κ3) is 4.12. The van der Waals surface area contributed by atoms with E-state index in [1.54, 1.807) is 19.6 Å². The summed E-state index contributed by atoms with van der Waals surface area (Å²) in [6.07, 6.45) is 2.84. The minimum atomic E-state index is -0.517. The molecular formula is C22H26N6O2. The first-order chi connectivity index (χ1) is 14.5. The van der Waals surface area contributed by atoms with Crippen LogP contribution in [0.3, 0.4) is 0 Å². The van der Waals surface area contributed by atoms with Crippen molar-refractivity contribution in [3.63, 3.8) is 0 Å². The number of aromatic nitrogens is 4. The number of piperazine rings is 1. The van der Waals surface area contributed by atoms with Crippen molar-refractivity contribution in [2.75, 3.05) is 31.1 Å². The number of hydrogen-bond donors (Lipinski definition) is 0. The first-order valence-corrected chi connectivity index (χ1v) is 10.1. The molecule has 0 N–H and O–H groups in total. The van der Waals surface area contributed by atoms with E-state index < -0.39 is 6.10 Å². The molecule has 1 amide bonds. The monoisotopic (exact) mass is 406 g/mol. The molecule has 3 aromatic rings. The molecule has 8 heteroatoms. The molecule has 2 aromatic heterocycles. The average molecular weight is 406 g/mol. The van der Waals surface area contributed by atoms with Gasteiger partial charge in [-0.05, 0) is 32.9 Å². The Labute approximate surface area is 176 Å². The van der Waals surface area contributed by atoms with E-state index in [2.05, 4.69) is 19.9 Å². The Balaban J connectivity index is 1.38. The molecule has 3 heterocycles. The first kappa shape index (κ1) is 19.9. The van der Waals surface area contributed by atoms with Crippen LogP contribution in [-0.2, 0) is 4.79 Å². The number of benzene rings is 1. The number of amides is 1. The zero-order valence-corrected chi connectivity index (χ0v) is 17.5. The summed E-state index contributed by atoms with van der Waals surface area (Å²) >= 11 is 0. The van der Waals surface area contributed by atoms with Crippen molar-refractivity contribution in [2.45, 2.75) is 26.9 Å². The van der Waals surface area contributed by atoms with Crippen LogP contribution in [-0.4, -0.2) is 62.6 Å². The minimum absolute atomic E-state index is 0.00592. The van der Waals surface area contributed by atoms with E-state index in [-0.39, 0.29) is 5.91 Å². The number of aryl methyl sites for hydroxylation is 1. The van der Waals surface area contributed by atoms with Gasteiger partial charge in [0.25, 0.3) is 5.91 Å². The van der Waals surface area contributed by atoms with E-state index in [0.717, 1.165) is 23.0 Å². The largest absolute Gasteiger partial charge is 0.481 e. The molecule has 0 aliphatic carbocycles. The molecule has 8 nitrogen and oxygen atoms in total. The van der Waals surface area contributed by atoms with Gasteiger partial charge in [-0.3, -0.25) is 9.36 Å². The van der Waals surface area contributed by atoms with Gasteiger partial charge >= 0.3 is 0 Å². The van der Waals surface area contributed by atoms with Gasteiger partial charge < -0.3 is 14.5 Å². The van der Waals surface area contributed by atoms with Crippen LogP contribution in [0.2, 0.25) is 0 Å². The zero-order chi connectivity index (χ0) is 21.1. The fraction of sp³-hybridized carbons (Fsp3) is 0.364. The summed E-state index contributed by atoms with van der Waals surface area (Å²) in [5.41, 5.74) is 2.04. The maximum absolute atomic E-state index is 12.8. The topological polar surface area (TPSA) is 76.4 Å². The van der Waals surface area contributed by atoms with Gasteiger partial charge in [-0.2, -0.15) is 0 Å². The molecule has 1 fully saturated rings.